The lowest BCUT2D eigenvalue weighted by atomic mass is 10.1. The number of hydrogen-bond acceptors (Lipinski definition) is 4. The van der Waals surface area contributed by atoms with Crippen molar-refractivity contribution in [1.29, 1.82) is 0 Å². The van der Waals surface area contributed by atoms with Crippen LogP contribution in [0.2, 0.25) is 0 Å². The summed E-state index contributed by atoms with van der Waals surface area (Å²) in [5.41, 5.74) is 0. The topological polar surface area (TPSA) is 90.5 Å². The number of nitrogens with one attached hydrogen (secondary N) is 3. The SMILES string of the molecule is CNC(=O)NC(=O)C(C)NC(C)CC(C)O. The molecule has 0 aliphatic heterocycles. The number of carbonyl (C=O) groups excluding carboxylic acids is 2. The van der Waals surface area contributed by atoms with Crippen molar-refractivity contribution in [2.75, 3.05) is 7.05 Å². The van der Waals surface area contributed by atoms with Gasteiger partial charge in [0.1, 0.15) is 0 Å². The predicted octanol–water partition coefficient (Wildman–Crippen LogP) is -0.420. The van der Waals surface area contributed by atoms with Gasteiger partial charge in [0.15, 0.2) is 0 Å². The largest absolute Gasteiger partial charge is 0.393 e. The van der Waals surface area contributed by atoms with E-state index in [1.54, 1.807) is 13.8 Å². The second-order valence-electron chi connectivity index (χ2n) is 3.94. The van der Waals surface area contributed by atoms with Gasteiger partial charge in [-0.05, 0) is 27.2 Å². The van der Waals surface area contributed by atoms with E-state index in [-0.39, 0.29) is 6.04 Å². The fraction of sp³-hybridized carbons (Fsp3) is 0.800. The first kappa shape index (κ1) is 14.9. The van der Waals surface area contributed by atoms with Gasteiger partial charge in [0.05, 0.1) is 12.1 Å². The summed E-state index contributed by atoms with van der Waals surface area (Å²) < 4.78 is 0. The predicted molar refractivity (Wildman–Crippen MR) is 61.0 cm³/mol. The van der Waals surface area contributed by atoms with Crippen LogP contribution in [0.15, 0.2) is 0 Å². The van der Waals surface area contributed by atoms with E-state index in [0.29, 0.717) is 6.42 Å². The molecule has 4 N–H and O–H groups in total. The standard InChI is InChI=1S/C10H21N3O3/c1-6(5-7(2)14)12-8(3)9(15)13-10(16)11-4/h6-8,12,14H,5H2,1-4H3,(H2,11,13,15,16). The number of aliphatic hydroxyl groups excluding tert-OH is 1. The molecule has 6 nitrogen and oxygen atoms in total. The van der Waals surface area contributed by atoms with E-state index in [1.807, 2.05) is 6.92 Å². The third kappa shape index (κ3) is 6.36. The lowest BCUT2D eigenvalue weighted by molar-refractivity contribution is -0.121. The van der Waals surface area contributed by atoms with E-state index in [1.165, 1.54) is 7.05 Å². The third-order valence-electron chi connectivity index (χ3n) is 2.09. The van der Waals surface area contributed by atoms with Crippen LogP contribution in [0.1, 0.15) is 27.2 Å². The second-order valence-corrected chi connectivity index (χ2v) is 3.94. The Morgan fingerprint density at radius 2 is 1.81 bits per heavy atom. The molecule has 6 heteroatoms. The van der Waals surface area contributed by atoms with Gasteiger partial charge in [0.25, 0.3) is 0 Å². The van der Waals surface area contributed by atoms with Crippen molar-refractivity contribution in [3.05, 3.63) is 0 Å². The van der Waals surface area contributed by atoms with Crippen LogP contribution in [0.3, 0.4) is 0 Å². The molecule has 0 aliphatic carbocycles. The summed E-state index contributed by atoms with van der Waals surface area (Å²) in [5.74, 6) is -0.392. The average Bonchev–Trinajstić information content (AvgIpc) is 2.15. The number of urea groups is 1. The normalized spacial score (nSPS) is 16.1. The van der Waals surface area contributed by atoms with E-state index < -0.39 is 24.1 Å². The summed E-state index contributed by atoms with van der Waals surface area (Å²) in [7, 11) is 1.44. The van der Waals surface area contributed by atoms with E-state index in [4.69, 9.17) is 5.11 Å². The smallest absolute Gasteiger partial charge is 0.321 e. The highest BCUT2D eigenvalue weighted by atomic mass is 16.3. The maximum absolute atomic E-state index is 11.4. The van der Waals surface area contributed by atoms with Gasteiger partial charge in [-0.1, -0.05) is 0 Å². The summed E-state index contributed by atoms with van der Waals surface area (Å²) in [6.07, 6.45) is 0.133. The lowest BCUT2D eigenvalue weighted by Gasteiger charge is -2.20. The van der Waals surface area contributed by atoms with E-state index in [9.17, 15) is 9.59 Å². The fourth-order valence-electron chi connectivity index (χ4n) is 1.36. The molecule has 3 atom stereocenters. The van der Waals surface area contributed by atoms with E-state index in [0.717, 1.165) is 0 Å². The molecule has 94 valence electrons. The summed E-state index contributed by atoms with van der Waals surface area (Å²) in [5, 5.41) is 16.6. The number of imide groups is 1. The van der Waals surface area contributed by atoms with Gasteiger partial charge in [-0.3, -0.25) is 10.1 Å². The molecule has 0 saturated carbocycles. The number of rotatable bonds is 5. The Labute approximate surface area is 95.8 Å². The van der Waals surface area contributed by atoms with Gasteiger partial charge in [-0.25, -0.2) is 4.79 Å². The second kappa shape index (κ2) is 7.19. The van der Waals surface area contributed by atoms with Gasteiger partial charge < -0.3 is 15.7 Å². The van der Waals surface area contributed by atoms with Crippen LogP contribution in [0, 0.1) is 0 Å². The van der Waals surface area contributed by atoms with Crippen LogP contribution in [-0.4, -0.2) is 42.3 Å². The van der Waals surface area contributed by atoms with Crippen molar-refractivity contribution in [3.8, 4) is 0 Å². The summed E-state index contributed by atoms with van der Waals surface area (Å²) >= 11 is 0. The number of amides is 3. The molecule has 0 saturated heterocycles. The molecule has 0 aromatic carbocycles. The quantitative estimate of drug-likeness (QED) is 0.517. The molecular weight excluding hydrogens is 210 g/mol. The molecule has 0 rings (SSSR count). The Morgan fingerprint density at radius 1 is 1.25 bits per heavy atom. The number of aliphatic hydroxyl groups is 1. The van der Waals surface area contributed by atoms with Crippen LogP contribution in [0.25, 0.3) is 0 Å². The first-order chi connectivity index (χ1) is 7.36. The number of carbonyl (C=O) groups is 2. The molecule has 0 spiro atoms. The monoisotopic (exact) mass is 231 g/mol. The minimum absolute atomic E-state index is 0.00503. The molecule has 0 bridgehead atoms. The molecule has 0 aromatic rings. The first-order valence-corrected chi connectivity index (χ1v) is 5.33. The van der Waals surface area contributed by atoms with Gasteiger partial charge in [-0.15, -0.1) is 0 Å². The highest BCUT2D eigenvalue weighted by Gasteiger charge is 2.17. The number of hydrogen-bond donors (Lipinski definition) is 4. The van der Waals surface area contributed by atoms with Crippen LogP contribution in [-0.2, 0) is 4.79 Å². The zero-order valence-corrected chi connectivity index (χ0v) is 10.2. The summed E-state index contributed by atoms with van der Waals surface area (Å²) in [4.78, 5) is 22.3. The Balaban J connectivity index is 4.00. The van der Waals surface area contributed by atoms with Crippen LogP contribution in [0.5, 0.6) is 0 Å². The highest BCUT2D eigenvalue weighted by molar-refractivity contribution is 5.96. The van der Waals surface area contributed by atoms with E-state index in [2.05, 4.69) is 16.0 Å². The molecule has 0 heterocycles. The molecule has 0 aliphatic rings. The Hall–Kier alpha value is -1.14. The molecule has 3 amide bonds. The summed E-state index contributed by atoms with van der Waals surface area (Å²) in [6, 6.07) is -1.00. The van der Waals surface area contributed by atoms with Gasteiger partial charge >= 0.3 is 6.03 Å². The van der Waals surface area contributed by atoms with Gasteiger partial charge in [0, 0.05) is 13.1 Å². The van der Waals surface area contributed by atoms with E-state index >= 15 is 0 Å². The van der Waals surface area contributed by atoms with Crippen LogP contribution < -0.4 is 16.0 Å². The fourth-order valence-corrected chi connectivity index (χ4v) is 1.36. The van der Waals surface area contributed by atoms with Crippen molar-refractivity contribution in [1.82, 2.24) is 16.0 Å². The molecule has 16 heavy (non-hydrogen) atoms. The molecule has 0 aromatic heterocycles. The van der Waals surface area contributed by atoms with Crippen molar-refractivity contribution in [3.63, 3.8) is 0 Å². The zero-order chi connectivity index (χ0) is 12.7. The Morgan fingerprint density at radius 3 is 2.25 bits per heavy atom. The maximum atomic E-state index is 11.4. The first-order valence-electron chi connectivity index (χ1n) is 5.33. The third-order valence-corrected chi connectivity index (χ3v) is 2.09. The Bertz CT molecular complexity index is 243. The molecule has 0 radical (unpaired) electrons. The van der Waals surface area contributed by atoms with Gasteiger partial charge in [-0.2, -0.15) is 0 Å². The van der Waals surface area contributed by atoms with Crippen molar-refractivity contribution in [2.24, 2.45) is 0 Å². The van der Waals surface area contributed by atoms with Crippen molar-refractivity contribution >= 4 is 11.9 Å². The summed E-state index contributed by atoms with van der Waals surface area (Å²) in [6.45, 7) is 5.22. The van der Waals surface area contributed by atoms with Gasteiger partial charge in [0.2, 0.25) is 5.91 Å². The van der Waals surface area contributed by atoms with Crippen LogP contribution in [0.4, 0.5) is 4.79 Å². The lowest BCUT2D eigenvalue weighted by Crippen LogP contribution is -2.49. The minimum Gasteiger partial charge on any atom is -0.393 e. The zero-order valence-electron chi connectivity index (χ0n) is 10.2. The molecular formula is C10H21N3O3. The highest BCUT2D eigenvalue weighted by Crippen LogP contribution is 1.98. The van der Waals surface area contributed by atoms with Crippen molar-refractivity contribution < 1.29 is 14.7 Å². The maximum Gasteiger partial charge on any atom is 0.321 e. The minimum atomic E-state index is -0.526. The van der Waals surface area contributed by atoms with Crippen LogP contribution >= 0.6 is 0 Å². The van der Waals surface area contributed by atoms with Crippen molar-refractivity contribution in [2.45, 2.75) is 45.4 Å². The average molecular weight is 231 g/mol. The molecule has 3 unspecified atom stereocenters. The molecule has 0 fully saturated rings. The Kier molecular flexibility index (Phi) is 6.67.